The summed E-state index contributed by atoms with van der Waals surface area (Å²) in [6.07, 6.45) is 1.67. The lowest BCUT2D eigenvalue weighted by Gasteiger charge is -2.30. The third kappa shape index (κ3) is 3.11. The number of fused-ring (bicyclic) bond motifs is 1. The second-order valence-electron chi connectivity index (χ2n) is 5.84. The Bertz CT molecular complexity index is 833. The fraction of sp³-hybridized carbons (Fsp3) is 0.375. The zero-order chi connectivity index (χ0) is 16.5. The Hall–Kier alpha value is -2.06. The first-order chi connectivity index (χ1) is 11.7. The number of hydrogen-bond acceptors (Lipinski definition) is 7. The summed E-state index contributed by atoms with van der Waals surface area (Å²) >= 11 is 3.12. The van der Waals surface area contributed by atoms with Crippen molar-refractivity contribution in [2.24, 2.45) is 5.92 Å². The minimum Gasteiger partial charge on any atom is -0.348 e. The number of anilines is 2. The van der Waals surface area contributed by atoms with Gasteiger partial charge in [-0.1, -0.05) is 34.8 Å². The van der Waals surface area contributed by atoms with E-state index in [1.165, 1.54) is 16.0 Å². The van der Waals surface area contributed by atoms with E-state index >= 15 is 0 Å². The number of nitrogens with zero attached hydrogens (tertiary/aromatic N) is 4. The molecular weight excluding hydrogens is 342 g/mol. The van der Waals surface area contributed by atoms with Crippen molar-refractivity contribution < 1.29 is 4.79 Å². The van der Waals surface area contributed by atoms with E-state index in [9.17, 15) is 4.79 Å². The van der Waals surface area contributed by atoms with Crippen molar-refractivity contribution in [3.05, 3.63) is 29.3 Å². The van der Waals surface area contributed by atoms with Crippen LogP contribution in [0, 0.1) is 12.8 Å². The van der Waals surface area contributed by atoms with Crippen LogP contribution in [0.3, 0.4) is 0 Å². The molecule has 0 aliphatic carbocycles. The molecule has 0 atom stereocenters. The number of thiazole rings is 1. The van der Waals surface area contributed by atoms with Crippen LogP contribution in [-0.2, 0) is 4.79 Å². The van der Waals surface area contributed by atoms with E-state index in [1.54, 1.807) is 11.3 Å². The molecule has 4 rings (SSSR count). The number of piperidine rings is 1. The van der Waals surface area contributed by atoms with E-state index in [2.05, 4.69) is 26.5 Å². The van der Waals surface area contributed by atoms with Crippen molar-refractivity contribution >= 4 is 49.1 Å². The Morgan fingerprint density at radius 3 is 2.71 bits per heavy atom. The van der Waals surface area contributed by atoms with Crippen LogP contribution in [-0.4, -0.2) is 34.2 Å². The molecule has 2 aromatic heterocycles. The quantitative estimate of drug-likeness (QED) is 0.777. The topological polar surface area (TPSA) is 71.0 Å². The molecule has 0 radical (unpaired) electrons. The zero-order valence-corrected chi connectivity index (χ0v) is 14.9. The highest BCUT2D eigenvalue weighted by molar-refractivity contribution is 7.22. The number of nitrogens with one attached hydrogen (secondary N) is 1. The molecular formula is C16H17N5OS2. The number of aromatic nitrogens is 3. The average molecular weight is 359 g/mol. The minimum atomic E-state index is 0.0276. The molecule has 6 nitrogen and oxygen atoms in total. The highest BCUT2D eigenvalue weighted by Crippen LogP contribution is 2.31. The second-order valence-corrected chi connectivity index (χ2v) is 8.03. The third-order valence-corrected chi connectivity index (χ3v) is 6.03. The van der Waals surface area contributed by atoms with Crippen LogP contribution in [0.1, 0.15) is 17.8 Å². The summed E-state index contributed by atoms with van der Waals surface area (Å²) in [6, 6.07) is 8.19. The highest BCUT2D eigenvalue weighted by Gasteiger charge is 2.27. The normalized spacial score (nSPS) is 15.8. The van der Waals surface area contributed by atoms with Crippen LogP contribution >= 0.6 is 22.7 Å². The van der Waals surface area contributed by atoms with Gasteiger partial charge in [0.1, 0.15) is 5.01 Å². The lowest BCUT2D eigenvalue weighted by molar-refractivity contribution is -0.120. The van der Waals surface area contributed by atoms with E-state index in [0.717, 1.165) is 41.6 Å². The molecule has 124 valence electrons. The molecule has 1 fully saturated rings. The summed E-state index contributed by atoms with van der Waals surface area (Å²) in [5.74, 6) is 0.0786. The average Bonchev–Trinajstić information content (AvgIpc) is 3.21. The molecule has 1 aliphatic rings. The fourth-order valence-electron chi connectivity index (χ4n) is 2.88. The molecule has 1 aromatic carbocycles. The van der Waals surface area contributed by atoms with Gasteiger partial charge < -0.3 is 10.2 Å². The molecule has 8 heteroatoms. The van der Waals surface area contributed by atoms with Gasteiger partial charge in [-0.05, 0) is 31.9 Å². The van der Waals surface area contributed by atoms with E-state index in [-0.39, 0.29) is 11.8 Å². The molecule has 1 N–H and O–H groups in total. The Balaban J connectivity index is 1.38. The van der Waals surface area contributed by atoms with Crippen LogP contribution in [0.25, 0.3) is 10.2 Å². The molecule has 1 amide bonds. The summed E-state index contributed by atoms with van der Waals surface area (Å²) in [4.78, 5) is 19.3. The van der Waals surface area contributed by atoms with Gasteiger partial charge >= 0.3 is 0 Å². The molecule has 0 saturated carbocycles. The molecule has 0 bridgehead atoms. The van der Waals surface area contributed by atoms with Crippen LogP contribution in [0.4, 0.5) is 10.3 Å². The number of rotatable bonds is 3. The Kier molecular flexibility index (Phi) is 4.15. The van der Waals surface area contributed by atoms with Gasteiger partial charge in [-0.2, -0.15) is 0 Å². The maximum absolute atomic E-state index is 12.4. The van der Waals surface area contributed by atoms with Gasteiger partial charge in [0.25, 0.3) is 0 Å². The summed E-state index contributed by atoms with van der Waals surface area (Å²) in [7, 11) is 0. The summed E-state index contributed by atoms with van der Waals surface area (Å²) < 4.78 is 1.21. The number of benzene rings is 1. The van der Waals surface area contributed by atoms with Gasteiger partial charge in [0, 0.05) is 19.0 Å². The van der Waals surface area contributed by atoms with E-state index in [1.807, 2.05) is 25.1 Å². The molecule has 1 saturated heterocycles. The Morgan fingerprint density at radius 1 is 1.21 bits per heavy atom. The summed E-state index contributed by atoms with van der Waals surface area (Å²) in [5.41, 5.74) is 1.05. The van der Waals surface area contributed by atoms with E-state index in [0.29, 0.717) is 5.13 Å². The van der Waals surface area contributed by atoms with Gasteiger partial charge in [0.15, 0.2) is 5.13 Å². The molecule has 3 aromatic rings. The number of carbonyl (C=O) groups is 1. The Morgan fingerprint density at radius 2 is 2.00 bits per heavy atom. The summed E-state index contributed by atoms with van der Waals surface area (Å²) in [5, 5.41) is 13.3. The predicted octanol–water partition coefficient (Wildman–Crippen LogP) is 3.31. The molecule has 1 aliphatic heterocycles. The first-order valence-electron chi connectivity index (χ1n) is 7.90. The highest BCUT2D eigenvalue weighted by atomic mass is 32.1. The number of para-hydroxylation sites is 1. The van der Waals surface area contributed by atoms with Gasteiger partial charge in [0.05, 0.1) is 10.2 Å². The molecule has 0 unspecified atom stereocenters. The van der Waals surface area contributed by atoms with Gasteiger partial charge in [-0.3, -0.25) is 4.79 Å². The minimum absolute atomic E-state index is 0.0276. The molecule has 3 heterocycles. The van der Waals surface area contributed by atoms with Gasteiger partial charge in [-0.25, -0.2) is 4.98 Å². The van der Waals surface area contributed by atoms with Crippen LogP contribution in [0.15, 0.2) is 24.3 Å². The maximum atomic E-state index is 12.4. The van der Waals surface area contributed by atoms with Crippen molar-refractivity contribution in [1.29, 1.82) is 0 Å². The van der Waals surface area contributed by atoms with Crippen molar-refractivity contribution in [1.82, 2.24) is 15.2 Å². The maximum Gasteiger partial charge on any atom is 0.229 e. The SMILES string of the molecule is Cc1nnc(NC(=O)C2CCN(c3nc4ccccc4s3)CC2)s1. The predicted molar refractivity (Wildman–Crippen MR) is 97.8 cm³/mol. The molecule has 24 heavy (non-hydrogen) atoms. The Labute approximate surface area is 147 Å². The van der Waals surface area contributed by atoms with Crippen LogP contribution in [0.5, 0.6) is 0 Å². The number of hydrogen-bond donors (Lipinski definition) is 1. The monoisotopic (exact) mass is 359 g/mol. The number of carbonyl (C=O) groups excluding carboxylic acids is 1. The fourth-order valence-corrected chi connectivity index (χ4v) is 4.49. The van der Waals surface area contributed by atoms with Gasteiger partial charge in [0.2, 0.25) is 11.0 Å². The lowest BCUT2D eigenvalue weighted by atomic mass is 9.96. The van der Waals surface area contributed by atoms with Crippen LogP contribution < -0.4 is 10.2 Å². The molecule has 0 spiro atoms. The first-order valence-corrected chi connectivity index (χ1v) is 9.54. The van der Waals surface area contributed by atoms with Gasteiger partial charge in [-0.15, -0.1) is 10.2 Å². The van der Waals surface area contributed by atoms with Crippen molar-refractivity contribution in [3.8, 4) is 0 Å². The third-order valence-electron chi connectivity index (χ3n) is 4.18. The van der Waals surface area contributed by atoms with Crippen molar-refractivity contribution in [2.75, 3.05) is 23.3 Å². The second kappa shape index (κ2) is 6.45. The number of aryl methyl sites for hydroxylation is 1. The van der Waals surface area contributed by atoms with E-state index < -0.39 is 0 Å². The lowest BCUT2D eigenvalue weighted by Crippen LogP contribution is -2.38. The largest absolute Gasteiger partial charge is 0.348 e. The zero-order valence-electron chi connectivity index (χ0n) is 13.2. The van der Waals surface area contributed by atoms with Crippen molar-refractivity contribution in [2.45, 2.75) is 19.8 Å². The van der Waals surface area contributed by atoms with E-state index in [4.69, 9.17) is 4.98 Å². The standard InChI is InChI=1S/C16H17N5OS2/c1-10-19-20-15(23-10)18-14(22)11-6-8-21(9-7-11)16-17-12-4-2-3-5-13(12)24-16/h2-5,11H,6-9H2,1H3,(H,18,20,22). The van der Waals surface area contributed by atoms with Crippen molar-refractivity contribution in [3.63, 3.8) is 0 Å². The smallest absolute Gasteiger partial charge is 0.229 e. The first kappa shape index (κ1) is 15.5. The summed E-state index contributed by atoms with van der Waals surface area (Å²) in [6.45, 7) is 3.59. The number of amides is 1. The van der Waals surface area contributed by atoms with Crippen LogP contribution in [0.2, 0.25) is 0 Å².